The van der Waals surface area contributed by atoms with E-state index in [-0.39, 0.29) is 261 Å². The van der Waals surface area contributed by atoms with Crippen LogP contribution in [0.5, 0.6) is 0 Å². The third-order valence-corrected chi connectivity index (χ3v) is 25.5. The standard InChI is InChI=1S/C86H153N37O17/c1-5-48(4)64(117-66(126)50(20-7-33-103-81(90)91)111-65(125)49(87)19-6-32-102-80(88)89)72(132)115-54(24-11-37-107-85(98)99)75(135)119-40-15-28-59(119)69(129)114-53(23-10-36-106-84(96)97)76(136)123-44-18-31-62(123)78(138)122-43-13-26-57(122)67(127)109-46-63(124)110-56(45-47(2)3)77(137)121-42-17-29-60(121)70(130)113-51(21-8-34-104-82(92)93)73(133)118-39-14-27-58(118)68(128)112-52(22-9-35-105-83(94)95)74(134)120-41-16-30-61(120)71(131)116-55(79(139)140)25-12-38-108-86(100)101/h47-62,64H,5-46,87H2,1-4H3,(H,109,127)(H,110,124)(H,111,125)(H,112,128)(H,113,130)(H,114,129)(H,115,132)(H,116,131)(H,117,126)(H,139,140)(H4,88,89,102)(H4,90,91,103)(H4,92,93,104)(H4,94,95,105)(H4,96,97,106)(H4,98,99,107)(H4,100,101,108)/t48-,49-,50-,51-,52-,53-,54-,55-,56-,57-,58-,59-,60-,61-,62-,64-/m0/s1. The molecule has 6 heterocycles. The molecule has 784 valence electrons. The van der Waals surface area contributed by atoms with Gasteiger partial charge in [-0.15, -0.1) is 0 Å². The molecule has 6 aliphatic heterocycles. The van der Waals surface area contributed by atoms with Gasteiger partial charge in [-0.05, 0) is 185 Å². The van der Waals surface area contributed by atoms with Gasteiger partial charge in [0.1, 0.15) is 84.6 Å². The van der Waals surface area contributed by atoms with E-state index in [0.29, 0.717) is 51.4 Å². The number of carbonyl (C=O) groups excluding carboxylic acids is 15. The van der Waals surface area contributed by atoms with Crippen molar-refractivity contribution in [2.24, 2.45) is 57.7 Å². The lowest BCUT2D eigenvalue weighted by Gasteiger charge is -2.34. The highest BCUT2D eigenvalue weighted by Gasteiger charge is 2.49. The van der Waals surface area contributed by atoms with Gasteiger partial charge in [-0.25, -0.2) is 4.79 Å². The van der Waals surface area contributed by atoms with Crippen molar-refractivity contribution in [2.75, 3.05) is 91.6 Å². The molecule has 54 heteroatoms. The van der Waals surface area contributed by atoms with Crippen molar-refractivity contribution in [3.8, 4) is 0 Å². The second kappa shape index (κ2) is 58.3. The molecular formula is C86H153N37O17. The minimum Gasteiger partial charge on any atom is -0.480 e. The molecule has 54 nitrogen and oxygen atoms in total. The van der Waals surface area contributed by atoms with E-state index in [1.54, 1.807) is 27.7 Å². The second-order valence-electron chi connectivity index (χ2n) is 36.7. The van der Waals surface area contributed by atoms with Crippen LogP contribution in [0.3, 0.4) is 0 Å². The molecule has 6 saturated heterocycles. The van der Waals surface area contributed by atoms with Crippen molar-refractivity contribution in [2.45, 2.75) is 298 Å². The molecule has 0 spiro atoms. The zero-order valence-corrected chi connectivity index (χ0v) is 80.8. The maximum atomic E-state index is 15.2. The summed E-state index contributed by atoms with van der Waals surface area (Å²) >= 11 is 0. The normalized spacial score (nSPS) is 19.8. The van der Waals surface area contributed by atoms with Crippen LogP contribution >= 0.6 is 0 Å². The Bertz CT molecular complexity index is 4360. The Labute approximate surface area is 814 Å². The second-order valence-corrected chi connectivity index (χ2v) is 36.7. The van der Waals surface area contributed by atoms with Crippen molar-refractivity contribution in [3.05, 3.63) is 0 Å². The van der Waals surface area contributed by atoms with Gasteiger partial charge in [-0.1, -0.05) is 34.1 Å². The fourth-order valence-electron chi connectivity index (χ4n) is 18.2. The molecule has 0 bridgehead atoms. The predicted molar refractivity (Wildman–Crippen MR) is 515 cm³/mol. The molecular weight excluding hydrogens is 1820 g/mol. The van der Waals surface area contributed by atoms with Crippen LogP contribution in [0.2, 0.25) is 0 Å². The van der Waals surface area contributed by atoms with E-state index in [1.165, 1.54) is 29.4 Å². The number of aliphatic carboxylic acids is 1. The predicted octanol–water partition coefficient (Wildman–Crippen LogP) is -8.73. The van der Waals surface area contributed by atoms with Crippen molar-refractivity contribution >= 4 is 136 Å². The van der Waals surface area contributed by atoms with Gasteiger partial charge in [0.2, 0.25) is 88.6 Å². The summed E-state index contributed by atoms with van der Waals surface area (Å²) in [5, 5.41) is 106. The number of guanidine groups is 7. The number of carbonyl (C=O) groups is 16. The fourth-order valence-corrected chi connectivity index (χ4v) is 18.2. The van der Waals surface area contributed by atoms with Crippen molar-refractivity contribution in [1.82, 2.24) is 114 Å². The summed E-state index contributed by atoms with van der Waals surface area (Å²) in [6, 6.07) is -18.6. The SMILES string of the molecule is CC[C@H](C)[C@H](NC(=O)[C@H](CCCNC(=N)N)NC(=O)[C@@H](N)CCCNC(=N)N)C(=O)N[C@@H](CCCNC(=N)N)C(=O)N1CCC[C@H]1C(=O)N[C@@H](CCCNC(=N)N)C(=O)N1CCC[C@H]1C(=O)N1CCC[C@H]1C(=O)NCC(=O)N[C@@H](CC(C)C)C(=O)N1CCC[C@H]1C(=O)N[C@@H](CCCNC(=N)N)C(=O)N1CCC[C@H]1C(=O)N[C@@H](CCCNC(=N)N)C(=O)N1CCC[C@H]1C(=O)N[C@@H](CCCNC(=N)N)C(=O)O. The highest BCUT2D eigenvalue weighted by molar-refractivity contribution is 6.02. The van der Waals surface area contributed by atoms with Gasteiger partial charge in [-0.3, -0.25) is 110 Å². The van der Waals surface area contributed by atoms with E-state index in [0.717, 1.165) is 0 Å². The van der Waals surface area contributed by atoms with Crippen molar-refractivity contribution in [3.63, 3.8) is 0 Å². The molecule has 6 fully saturated rings. The summed E-state index contributed by atoms with van der Waals surface area (Å²) in [6.07, 6.45) is 4.55. The molecule has 6 aliphatic rings. The maximum Gasteiger partial charge on any atom is 0.326 e. The Balaban J connectivity index is 1.13. The summed E-state index contributed by atoms with van der Waals surface area (Å²) in [5.74, 6) is -15.1. The van der Waals surface area contributed by atoms with E-state index in [1.807, 2.05) is 0 Å². The van der Waals surface area contributed by atoms with E-state index in [9.17, 15) is 67.4 Å². The first-order valence-electron chi connectivity index (χ1n) is 48.5. The number of rotatable bonds is 57. The van der Waals surface area contributed by atoms with Gasteiger partial charge in [0.15, 0.2) is 41.7 Å². The minimum atomic E-state index is -1.36. The molecule has 0 aromatic rings. The maximum absolute atomic E-state index is 15.2. The third kappa shape index (κ3) is 36.9. The largest absolute Gasteiger partial charge is 0.480 e. The van der Waals surface area contributed by atoms with Crippen LogP contribution in [-0.4, -0.2) is 353 Å². The zero-order chi connectivity index (χ0) is 104. The first kappa shape index (κ1) is 115. The quantitative estimate of drug-likeness (QED) is 0.0153. The Morgan fingerprint density at radius 3 is 0.907 bits per heavy atom. The van der Waals surface area contributed by atoms with Crippen LogP contribution < -0.4 is 131 Å². The van der Waals surface area contributed by atoms with Gasteiger partial charge in [0, 0.05) is 85.1 Å². The first-order valence-corrected chi connectivity index (χ1v) is 48.5. The number of nitrogens with one attached hydrogen (secondary N) is 23. The lowest BCUT2D eigenvalue weighted by molar-refractivity contribution is -0.148. The first-order chi connectivity index (χ1) is 66.4. The van der Waals surface area contributed by atoms with Gasteiger partial charge in [0.25, 0.3) is 0 Å². The molecule has 40 N–H and O–H groups in total. The zero-order valence-electron chi connectivity index (χ0n) is 80.8. The monoisotopic (exact) mass is 1980 g/mol. The number of carboxylic acids is 1. The molecule has 0 aliphatic carbocycles. The van der Waals surface area contributed by atoms with Crippen LogP contribution in [0, 0.1) is 49.7 Å². The molecule has 15 amide bonds. The summed E-state index contributed by atoms with van der Waals surface area (Å²) in [6.45, 7) is 7.65. The molecule has 0 unspecified atom stereocenters. The lowest BCUT2D eigenvalue weighted by Crippen LogP contribution is -2.61. The topological polar surface area (TPSA) is 880 Å². The van der Waals surface area contributed by atoms with Crippen molar-refractivity contribution in [1.29, 1.82) is 37.9 Å². The van der Waals surface area contributed by atoms with Gasteiger partial charge >= 0.3 is 5.97 Å². The van der Waals surface area contributed by atoms with Gasteiger partial charge in [0.05, 0.1) is 12.6 Å². The van der Waals surface area contributed by atoms with Crippen LogP contribution in [0.1, 0.15) is 207 Å². The van der Waals surface area contributed by atoms with E-state index in [2.05, 4.69) is 85.1 Å². The number of amides is 15. The molecule has 0 saturated carbocycles. The smallest absolute Gasteiger partial charge is 0.326 e. The highest BCUT2D eigenvalue weighted by Crippen LogP contribution is 2.30. The molecule has 0 radical (unpaired) electrons. The van der Waals surface area contributed by atoms with Gasteiger partial charge < -0.3 is 165 Å². The molecule has 16 atom stereocenters. The van der Waals surface area contributed by atoms with E-state index in [4.69, 9.17) is 83.7 Å². The van der Waals surface area contributed by atoms with Gasteiger partial charge in [-0.2, -0.15) is 0 Å². The summed E-state index contributed by atoms with van der Waals surface area (Å²) in [4.78, 5) is 239. The number of nitrogens with zero attached hydrogens (tertiary/aromatic N) is 6. The molecule has 0 aromatic heterocycles. The van der Waals surface area contributed by atoms with Crippen LogP contribution in [0.4, 0.5) is 0 Å². The van der Waals surface area contributed by atoms with Crippen LogP contribution in [0.25, 0.3) is 0 Å². The summed E-state index contributed by atoms with van der Waals surface area (Å²) in [7, 11) is 0. The van der Waals surface area contributed by atoms with Crippen LogP contribution in [-0.2, 0) is 76.7 Å². The van der Waals surface area contributed by atoms with E-state index >= 15 is 14.4 Å². The van der Waals surface area contributed by atoms with E-state index < -0.39 is 198 Å². The Kier molecular flexibility index (Phi) is 47.9. The average molecular weight is 1980 g/mol. The molecule has 6 rings (SSSR count). The van der Waals surface area contributed by atoms with Crippen molar-refractivity contribution < 1.29 is 81.8 Å². The highest BCUT2D eigenvalue weighted by atomic mass is 16.4. The molecule has 0 aromatic carbocycles. The molecule has 140 heavy (non-hydrogen) atoms. The fraction of sp³-hybridized carbons (Fsp3) is 0.733. The number of hydrogen-bond donors (Lipinski definition) is 32. The van der Waals surface area contributed by atoms with Crippen LogP contribution in [0.15, 0.2) is 0 Å². The third-order valence-electron chi connectivity index (χ3n) is 25.5. The summed E-state index contributed by atoms with van der Waals surface area (Å²) < 4.78 is 0. The Morgan fingerprint density at radius 2 is 0.586 bits per heavy atom. The Hall–Kier alpha value is -13.6. The number of carboxylic acid groups (broad SMARTS) is 1. The average Bonchev–Trinajstić information content (AvgIpc) is 1.65. The minimum absolute atomic E-state index is 0.00144. The Morgan fingerprint density at radius 1 is 0.314 bits per heavy atom. The number of nitrogens with two attached hydrogens (primary N) is 8. The number of likely N-dealkylation sites (tertiary alicyclic amines) is 6. The lowest BCUT2D eigenvalue weighted by atomic mass is 9.96. The summed E-state index contributed by atoms with van der Waals surface area (Å²) in [5.41, 5.74) is 44.8. The number of hydrogen-bond acceptors (Lipinski definition) is 24.